The molecule has 8 heteroatoms. The third kappa shape index (κ3) is 4.40. The van der Waals surface area contributed by atoms with E-state index in [1.165, 1.54) is 4.90 Å². The third-order valence-corrected chi connectivity index (χ3v) is 5.97. The SMILES string of the molecule is C=CCOc1cccc([C@@H]2C(=C(O)c3ccc4c(c3)OCCO4)C(=O)C(=O)N2Cc2cccnc2)c1. The van der Waals surface area contributed by atoms with Crippen LogP contribution in [0.15, 0.2) is 85.2 Å². The molecule has 1 aromatic heterocycles. The standard InChI is InChI=1S/C28H24N2O6/c1-2-11-34-21-7-3-6-19(14-21)25-24(26(31)20-8-9-22-23(15-20)36-13-12-35-22)27(32)28(33)30(25)17-18-5-4-10-29-16-18/h2-10,14-16,25,31H,1,11-13,17H2/t25-/m1/s1. The van der Waals surface area contributed by atoms with Crippen LogP contribution < -0.4 is 14.2 Å². The number of amides is 1. The lowest BCUT2D eigenvalue weighted by molar-refractivity contribution is -0.140. The number of likely N-dealkylation sites (tertiary alicyclic amines) is 1. The van der Waals surface area contributed by atoms with Crippen LogP contribution in [0.2, 0.25) is 0 Å². The molecule has 1 fully saturated rings. The molecule has 1 atom stereocenters. The minimum absolute atomic E-state index is 0.0126. The normalized spacial score (nSPS) is 18.2. The Labute approximate surface area is 208 Å². The number of rotatable bonds is 7. The first-order valence-corrected chi connectivity index (χ1v) is 11.5. The van der Waals surface area contributed by atoms with Crippen molar-refractivity contribution in [2.75, 3.05) is 19.8 Å². The predicted octanol–water partition coefficient (Wildman–Crippen LogP) is 4.04. The summed E-state index contributed by atoms with van der Waals surface area (Å²) in [4.78, 5) is 32.1. The van der Waals surface area contributed by atoms with Crippen molar-refractivity contribution in [3.8, 4) is 17.2 Å². The Morgan fingerprint density at radius 1 is 1.11 bits per heavy atom. The summed E-state index contributed by atoms with van der Waals surface area (Å²) in [6.45, 7) is 4.92. The minimum atomic E-state index is -0.842. The van der Waals surface area contributed by atoms with Crippen molar-refractivity contribution in [2.45, 2.75) is 12.6 Å². The number of carbonyl (C=O) groups excluding carboxylic acids is 2. The van der Waals surface area contributed by atoms with E-state index >= 15 is 0 Å². The topological polar surface area (TPSA) is 98.2 Å². The quantitative estimate of drug-likeness (QED) is 0.234. The summed E-state index contributed by atoms with van der Waals surface area (Å²) in [6, 6.07) is 14.8. The average molecular weight is 485 g/mol. The zero-order valence-electron chi connectivity index (χ0n) is 19.4. The van der Waals surface area contributed by atoms with Crippen LogP contribution in [-0.2, 0) is 16.1 Å². The lowest BCUT2D eigenvalue weighted by Gasteiger charge is -2.26. The van der Waals surface area contributed by atoms with E-state index in [9.17, 15) is 14.7 Å². The van der Waals surface area contributed by atoms with E-state index in [1.54, 1.807) is 67.0 Å². The molecule has 5 rings (SSSR count). The van der Waals surface area contributed by atoms with Crippen molar-refractivity contribution < 1.29 is 28.9 Å². The van der Waals surface area contributed by atoms with Gasteiger partial charge >= 0.3 is 0 Å². The van der Waals surface area contributed by atoms with Crippen LogP contribution in [0.4, 0.5) is 0 Å². The van der Waals surface area contributed by atoms with Gasteiger partial charge in [-0.1, -0.05) is 30.9 Å². The van der Waals surface area contributed by atoms with Crippen molar-refractivity contribution in [1.29, 1.82) is 0 Å². The molecule has 2 aliphatic heterocycles. The van der Waals surface area contributed by atoms with Gasteiger partial charge in [-0.05, 0) is 47.5 Å². The van der Waals surface area contributed by atoms with Gasteiger partial charge in [-0.25, -0.2) is 0 Å². The second-order valence-corrected chi connectivity index (χ2v) is 8.32. The van der Waals surface area contributed by atoms with Crippen LogP contribution >= 0.6 is 0 Å². The molecule has 2 aliphatic rings. The fraction of sp³-hybridized carbons (Fsp3) is 0.179. The predicted molar refractivity (Wildman–Crippen MR) is 132 cm³/mol. The van der Waals surface area contributed by atoms with E-state index in [1.807, 2.05) is 6.07 Å². The van der Waals surface area contributed by atoms with Gasteiger partial charge < -0.3 is 24.2 Å². The zero-order chi connectivity index (χ0) is 25.1. The molecule has 0 radical (unpaired) electrons. The lowest BCUT2D eigenvalue weighted by atomic mass is 9.95. The van der Waals surface area contributed by atoms with Crippen molar-refractivity contribution in [3.63, 3.8) is 0 Å². The van der Waals surface area contributed by atoms with Gasteiger partial charge in [-0.15, -0.1) is 0 Å². The molecule has 3 heterocycles. The smallest absolute Gasteiger partial charge is 0.295 e. The molecular weight excluding hydrogens is 460 g/mol. The van der Waals surface area contributed by atoms with E-state index in [4.69, 9.17) is 14.2 Å². The summed E-state index contributed by atoms with van der Waals surface area (Å²) < 4.78 is 16.9. The summed E-state index contributed by atoms with van der Waals surface area (Å²) >= 11 is 0. The molecule has 0 bridgehead atoms. The van der Waals surface area contributed by atoms with Crippen molar-refractivity contribution in [2.24, 2.45) is 0 Å². The van der Waals surface area contributed by atoms with Crippen molar-refractivity contribution in [3.05, 3.63) is 102 Å². The maximum absolute atomic E-state index is 13.3. The van der Waals surface area contributed by atoms with Gasteiger partial charge in [0.15, 0.2) is 11.5 Å². The lowest BCUT2D eigenvalue weighted by Crippen LogP contribution is -2.29. The number of aliphatic hydroxyl groups is 1. The zero-order valence-corrected chi connectivity index (χ0v) is 19.4. The first-order chi connectivity index (χ1) is 17.6. The second-order valence-electron chi connectivity index (χ2n) is 8.32. The molecule has 1 saturated heterocycles. The van der Waals surface area contributed by atoms with Crippen LogP contribution in [0.1, 0.15) is 22.7 Å². The molecule has 0 saturated carbocycles. The van der Waals surface area contributed by atoms with Gasteiger partial charge in [0.05, 0.1) is 11.6 Å². The Morgan fingerprint density at radius 2 is 1.94 bits per heavy atom. The molecule has 0 aliphatic carbocycles. The summed E-state index contributed by atoms with van der Waals surface area (Å²) in [5, 5.41) is 11.4. The molecule has 3 aromatic rings. The molecule has 1 N–H and O–H groups in total. The third-order valence-electron chi connectivity index (χ3n) is 5.97. The van der Waals surface area contributed by atoms with Crippen LogP contribution in [0.25, 0.3) is 5.76 Å². The number of fused-ring (bicyclic) bond motifs is 1. The molecule has 0 unspecified atom stereocenters. The number of benzene rings is 2. The largest absolute Gasteiger partial charge is 0.507 e. The molecule has 36 heavy (non-hydrogen) atoms. The highest BCUT2D eigenvalue weighted by molar-refractivity contribution is 6.46. The number of hydrogen-bond donors (Lipinski definition) is 1. The van der Waals surface area contributed by atoms with Gasteiger partial charge in [-0.3, -0.25) is 14.6 Å². The van der Waals surface area contributed by atoms with Crippen LogP contribution in [0.3, 0.4) is 0 Å². The maximum Gasteiger partial charge on any atom is 0.295 e. The van der Waals surface area contributed by atoms with Crippen molar-refractivity contribution >= 4 is 17.4 Å². The van der Waals surface area contributed by atoms with Gasteiger partial charge in [0.1, 0.15) is 31.3 Å². The van der Waals surface area contributed by atoms with E-state index in [0.29, 0.717) is 48.2 Å². The van der Waals surface area contributed by atoms with Crippen LogP contribution in [0.5, 0.6) is 17.2 Å². The number of pyridine rings is 1. The molecule has 0 spiro atoms. The summed E-state index contributed by atoms with van der Waals surface area (Å²) in [5.41, 5.74) is 1.71. The minimum Gasteiger partial charge on any atom is -0.507 e. The number of aliphatic hydroxyl groups excluding tert-OH is 1. The highest BCUT2D eigenvalue weighted by Gasteiger charge is 2.46. The Kier molecular flexibility index (Phi) is 6.40. The number of nitrogens with zero attached hydrogens (tertiary/aromatic N) is 2. The monoisotopic (exact) mass is 484 g/mol. The first kappa shape index (κ1) is 23.2. The average Bonchev–Trinajstić information content (AvgIpc) is 3.17. The molecule has 8 nitrogen and oxygen atoms in total. The summed E-state index contributed by atoms with van der Waals surface area (Å²) in [5.74, 6) is -0.195. The number of aromatic nitrogens is 1. The van der Waals surface area contributed by atoms with E-state index < -0.39 is 17.7 Å². The van der Waals surface area contributed by atoms with Crippen LogP contribution in [0, 0.1) is 0 Å². The highest BCUT2D eigenvalue weighted by Crippen LogP contribution is 2.42. The van der Waals surface area contributed by atoms with Crippen molar-refractivity contribution in [1.82, 2.24) is 9.88 Å². The molecule has 182 valence electrons. The second kappa shape index (κ2) is 9.95. The van der Waals surface area contributed by atoms with Gasteiger partial charge in [0, 0.05) is 24.5 Å². The molecule has 2 aromatic carbocycles. The molecular formula is C28H24N2O6. The van der Waals surface area contributed by atoms with E-state index in [-0.39, 0.29) is 17.9 Å². The Hall–Kier alpha value is -4.59. The Morgan fingerprint density at radius 3 is 2.72 bits per heavy atom. The van der Waals surface area contributed by atoms with Gasteiger partial charge in [0.25, 0.3) is 11.7 Å². The van der Waals surface area contributed by atoms with Crippen LogP contribution in [-0.4, -0.2) is 46.5 Å². The van der Waals surface area contributed by atoms with Gasteiger partial charge in [-0.2, -0.15) is 0 Å². The Bertz CT molecular complexity index is 1350. The Balaban J connectivity index is 1.62. The fourth-order valence-corrected chi connectivity index (χ4v) is 4.35. The summed E-state index contributed by atoms with van der Waals surface area (Å²) in [7, 11) is 0. The number of ether oxygens (including phenoxy) is 3. The highest BCUT2D eigenvalue weighted by atomic mass is 16.6. The molecule has 1 amide bonds. The maximum atomic E-state index is 13.3. The number of hydrogen-bond acceptors (Lipinski definition) is 7. The van der Waals surface area contributed by atoms with E-state index in [2.05, 4.69) is 11.6 Å². The first-order valence-electron chi connectivity index (χ1n) is 11.5. The number of carbonyl (C=O) groups is 2. The number of ketones is 1. The summed E-state index contributed by atoms with van der Waals surface area (Å²) in [6.07, 6.45) is 4.90. The fourth-order valence-electron chi connectivity index (χ4n) is 4.35. The van der Waals surface area contributed by atoms with Gasteiger partial charge in [0.2, 0.25) is 0 Å². The van der Waals surface area contributed by atoms with E-state index in [0.717, 1.165) is 5.56 Å². The number of Topliss-reactive ketones (excluding diaryl/α,β-unsaturated/α-hetero) is 1.